The van der Waals surface area contributed by atoms with Crippen LogP contribution < -0.4 is 14.5 Å². The number of methoxy groups -OCH3 is 1. The van der Waals surface area contributed by atoms with Crippen molar-refractivity contribution in [2.75, 3.05) is 20.3 Å². The molecule has 0 fully saturated rings. The molecule has 1 unspecified atom stereocenters. The van der Waals surface area contributed by atoms with Crippen molar-refractivity contribution in [1.82, 2.24) is 14.4 Å². The second kappa shape index (κ2) is 14.2. The molecule has 0 N–H and O–H groups in total. The van der Waals surface area contributed by atoms with E-state index in [2.05, 4.69) is 64.0 Å². The average Bonchev–Trinajstić information content (AvgIpc) is 3.06. The van der Waals surface area contributed by atoms with E-state index in [1.54, 1.807) is 12.1 Å². The Balaban J connectivity index is 1.46. The molecule has 12 heteroatoms. The van der Waals surface area contributed by atoms with Gasteiger partial charge in [0.25, 0.3) is 5.56 Å². The summed E-state index contributed by atoms with van der Waals surface area (Å²) in [4.78, 5) is 38.0. The maximum Gasteiger partial charge on any atom is 0.344 e. The first-order valence-corrected chi connectivity index (χ1v) is 16.0. The topological polar surface area (TPSA) is 136 Å². The van der Waals surface area contributed by atoms with Gasteiger partial charge < -0.3 is 18.4 Å². The number of nitrogens with zero attached hydrogens (tertiary/aromatic N) is 3. The largest absolute Gasteiger partial charge is 0.490 e. The highest BCUT2D eigenvalue weighted by molar-refractivity contribution is 7.78. The van der Waals surface area contributed by atoms with Crippen LogP contribution in [0.4, 0.5) is 0 Å². The minimum atomic E-state index is -2.52. The number of benzene rings is 3. The van der Waals surface area contributed by atoms with Gasteiger partial charge in [-0.1, -0.05) is 69.9 Å². The summed E-state index contributed by atoms with van der Waals surface area (Å²) in [5, 5.41) is 7.57. The van der Waals surface area contributed by atoms with Gasteiger partial charge in [-0.15, -0.1) is 5.10 Å². The quantitative estimate of drug-likeness (QED) is 0.131. The van der Waals surface area contributed by atoms with Crippen LogP contribution in [-0.4, -0.2) is 50.9 Å². The maximum atomic E-state index is 13.1. The molecule has 3 aromatic carbocycles. The number of aromatic nitrogens is 3. The fourth-order valence-electron chi connectivity index (χ4n) is 4.55. The van der Waals surface area contributed by atoms with Gasteiger partial charge in [-0.05, 0) is 70.8 Å². The van der Waals surface area contributed by atoms with Gasteiger partial charge in [0.2, 0.25) is 0 Å². The number of para-hydroxylation sites is 1. The second-order valence-corrected chi connectivity index (χ2v) is 12.9. The van der Waals surface area contributed by atoms with Crippen LogP contribution in [-0.2, 0) is 31.6 Å². The van der Waals surface area contributed by atoms with Crippen molar-refractivity contribution in [2.24, 2.45) is 0 Å². The van der Waals surface area contributed by atoms with E-state index < -0.39 is 28.8 Å². The monoisotopic (exact) mass is 649 g/mol. The molecule has 0 spiro atoms. The number of esters is 2. The number of carbonyl (C=O) groups is 2. The molecule has 0 saturated carbocycles. The molecule has 46 heavy (non-hydrogen) atoms. The fourth-order valence-corrected chi connectivity index (χ4v) is 5.25. The van der Waals surface area contributed by atoms with Crippen molar-refractivity contribution >= 4 is 34.1 Å². The molecule has 0 amide bonds. The lowest BCUT2D eigenvalue weighted by atomic mass is 9.76. The zero-order valence-electron chi connectivity index (χ0n) is 27.1. The molecule has 0 bridgehead atoms. The molecule has 1 aromatic heterocycles. The Bertz CT molecular complexity index is 1830. The Hall–Kier alpha value is -4.58. The summed E-state index contributed by atoms with van der Waals surface area (Å²) < 4.78 is 35.3. The van der Waals surface area contributed by atoms with Gasteiger partial charge in [0.1, 0.15) is 30.0 Å². The Morgan fingerprint density at radius 2 is 1.59 bits per heavy atom. The van der Waals surface area contributed by atoms with E-state index in [4.69, 9.17) is 18.4 Å². The van der Waals surface area contributed by atoms with Gasteiger partial charge in [-0.25, -0.2) is 9.59 Å². The lowest BCUT2D eigenvalue weighted by Crippen LogP contribution is -2.30. The lowest BCUT2D eigenvalue weighted by Gasteiger charge is -2.30. The third-order valence-electron chi connectivity index (χ3n) is 8.30. The van der Waals surface area contributed by atoms with Crippen LogP contribution in [0, 0.1) is 0 Å². The van der Waals surface area contributed by atoms with Crippen molar-refractivity contribution in [3.05, 3.63) is 93.3 Å². The minimum absolute atomic E-state index is 0.00965. The van der Waals surface area contributed by atoms with Crippen molar-refractivity contribution in [3.63, 3.8) is 0 Å². The number of hydrogen-bond acceptors (Lipinski definition) is 10. The molecule has 4 rings (SSSR count). The van der Waals surface area contributed by atoms with Crippen LogP contribution in [0.2, 0.25) is 0 Å². The highest BCUT2D eigenvalue weighted by Crippen LogP contribution is 2.38. The molecule has 4 aromatic rings. The van der Waals surface area contributed by atoms with Crippen LogP contribution in [0.1, 0.15) is 86.2 Å². The Morgan fingerprint density at radius 3 is 2.28 bits per heavy atom. The molecule has 11 nitrogen and oxygen atoms in total. The number of carbonyl (C=O) groups excluding carboxylic acids is 2. The molecule has 0 aliphatic heterocycles. The number of hydrogen-bond donors (Lipinski definition) is 0. The zero-order chi connectivity index (χ0) is 33.6. The molecule has 0 aliphatic rings. The fraction of sp³-hybridized carbons (Fsp3) is 0.382. The minimum Gasteiger partial charge on any atom is -0.490 e. The molecule has 0 saturated heterocycles. The first-order valence-electron chi connectivity index (χ1n) is 15.0. The summed E-state index contributed by atoms with van der Waals surface area (Å²) in [6.45, 7) is 13.2. The van der Waals surface area contributed by atoms with Gasteiger partial charge >= 0.3 is 23.2 Å². The molecule has 0 radical (unpaired) electrons. The van der Waals surface area contributed by atoms with Gasteiger partial charge in [0, 0.05) is 5.56 Å². The lowest BCUT2D eigenvalue weighted by molar-refractivity contribution is 0.0447. The van der Waals surface area contributed by atoms with Crippen LogP contribution >= 0.6 is 0 Å². The van der Waals surface area contributed by atoms with Gasteiger partial charge in [-0.2, -0.15) is 4.21 Å². The smallest absolute Gasteiger partial charge is 0.344 e. The van der Waals surface area contributed by atoms with Gasteiger partial charge in [0.05, 0.1) is 18.1 Å². The van der Waals surface area contributed by atoms with Crippen LogP contribution in [0.25, 0.3) is 10.9 Å². The standard InChI is InChI=1S/C34H39N3O8S/c1-8-33(3,4)23-15-17-29(26(21-23)34(5,6)9-2)43-18-19-44-32(40)24-12-10-11-13-28(24)45-46(41)37-30(38)25-20-22(31(39)42-7)14-16-27(25)35-36-37/h10-17,20-21H,8-9,18-19H2,1-7H3. The predicted molar refractivity (Wildman–Crippen MR) is 175 cm³/mol. The van der Waals surface area contributed by atoms with Gasteiger partial charge in [-0.3, -0.25) is 4.79 Å². The molecule has 1 heterocycles. The van der Waals surface area contributed by atoms with Crippen molar-refractivity contribution in [2.45, 2.75) is 65.2 Å². The Kier molecular flexibility index (Phi) is 10.6. The van der Waals surface area contributed by atoms with Crippen molar-refractivity contribution in [1.29, 1.82) is 0 Å². The summed E-state index contributed by atoms with van der Waals surface area (Å²) in [6, 6.07) is 16.4. The van der Waals surface area contributed by atoms with Crippen molar-refractivity contribution in [3.8, 4) is 11.5 Å². The van der Waals surface area contributed by atoms with E-state index in [1.165, 1.54) is 43.0 Å². The Labute approximate surface area is 270 Å². The number of rotatable bonds is 13. The van der Waals surface area contributed by atoms with Crippen molar-refractivity contribution < 1.29 is 32.2 Å². The Morgan fingerprint density at radius 1 is 0.870 bits per heavy atom. The normalized spacial score (nSPS) is 12.4. The van der Waals surface area contributed by atoms with E-state index in [9.17, 15) is 18.6 Å². The van der Waals surface area contributed by atoms with E-state index in [0.29, 0.717) is 4.09 Å². The number of ether oxygens (including phenoxy) is 3. The molecule has 244 valence electrons. The summed E-state index contributed by atoms with van der Waals surface area (Å²) in [5.74, 6) is -0.743. The second-order valence-electron chi connectivity index (χ2n) is 12.0. The van der Waals surface area contributed by atoms with E-state index in [0.717, 1.165) is 24.2 Å². The first-order chi connectivity index (χ1) is 21.8. The highest BCUT2D eigenvalue weighted by atomic mass is 32.2. The van der Waals surface area contributed by atoms with Crippen LogP contribution in [0.3, 0.4) is 0 Å². The molecule has 0 aliphatic carbocycles. The van der Waals surface area contributed by atoms with Gasteiger partial charge in [0.15, 0.2) is 5.75 Å². The molecular formula is C34H39N3O8S. The highest BCUT2D eigenvalue weighted by Gasteiger charge is 2.27. The zero-order valence-corrected chi connectivity index (χ0v) is 27.9. The SMILES string of the molecule is CCC(C)(C)c1ccc(OCCOC(=O)c2ccccc2OS(=O)n2nnc3ccc(C(=O)OC)cc3c2=O)c(C(C)(C)CC)c1. The maximum absolute atomic E-state index is 13.1. The predicted octanol–water partition coefficient (Wildman–Crippen LogP) is 5.69. The van der Waals surface area contributed by atoms with Crippen LogP contribution in [0.5, 0.6) is 11.5 Å². The van der Waals surface area contributed by atoms with Crippen LogP contribution in [0.15, 0.2) is 65.5 Å². The first kappa shape index (κ1) is 34.3. The average molecular weight is 650 g/mol. The molecule has 1 atom stereocenters. The third-order valence-corrected chi connectivity index (χ3v) is 9.14. The third kappa shape index (κ3) is 7.44. The summed E-state index contributed by atoms with van der Waals surface area (Å²) in [5.41, 5.74) is 1.69. The van der Waals surface area contributed by atoms with E-state index in [1.807, 2.05) is 6.07 Å². The van der Waals surface area contributed by atoms with E-state index >= 15 is 0 Å². The van der Waals surface area contributed by atoms with E-state index in [-0.39, 0.29) is 51.8 Å². The summed E-state index contributed by atoms with van der Waals surface area (Å²) >= 11 is -2.52. The molecular weight excluding hydrogens is 610 g/mol. The summed E-state index contributed by atoms with van der Waals surface area (Å²) in [6.07, 6.45) is 1.91. The summed E-state index contributed by atoms with van der Waals surface area (Å²) in [7, 11) is 1.21. The number of fused-ring (bicyclic) bond motifs is 1.